The smallest absolute Gasteiger partial charge is 0.0913 e. The van der Waals surface area contributed by atoms with Gasteiger partial charge in [-0.25, -0.2) is 0 Å². The van der Waals surface area contributed by atoms with E-state index in [1.807, 2.05) is 31.2 Å². The van der Waals surface area contributed by atoms with E-state index in [9.17, 15) is 0 Å². The maximum atomic E-state index is 5.21. The Hall–Kier alpha value is -1.24. The van der Waals surface area contributed by atoms with E-state index in [2.05, 4.69) is 12.1 Å². The topological polar surface area (TPSA) is 9.23 Å². The van der Waals surface area contributed by atoms with Crippen molar-refractivity contribution in [1.29, 1.82) is 0 Å². The second kappa shape index (κ2) is 5.42. The molecule has 0 atom stereocenters. The Morgan fingerprint density at radius 3 is 2.67 bits per heavy atom. The summed E-state index contributed by atoms with van der Waals surface area (Å²) in [4.78, 5) is 0. The Bertz CT molecular complexity index is 226. The first-order chi connectivity index (χ1) is 5.93. The van der Waals surface area contributed by atoms with Gasteiger partial charge in [-0.1, -0.05) is 36.4 Å². The van der Waals surface area contributed by atoms with Crippen molar-refractivity contribution >= 4 is 0 Å². The number of allylic oxidation sites excluding steroid dienone is 1. The lowest BCUT2D eigenvalue weighted by Gasteiger charge is -2.00. The van der Waals surface area contributed by atoms with Gasteiger partial charge in [0.05, 0.1) is 12.9 Å². The van der Waals surface area contributed by atoms with Crippen LogP contribution in [-0.2, 0) is 11.2 Å². The van der Waals surface area contributed by atoms with Gasteiger partial charge >= 0.3 is 0 Å². The van der Waals surface area contributed by atoms with Crippen LogP contribution >= 0.6 is 0 Å². The van der Waals surface area contributed by atoms with Crippen molar-refractivity contribution in [3.05, 3.63) is 48.2 Å². The lowest BCUT2D eigenvalue weighted by atomic mass is 10.2. The molecule has 0 saturated carbocycles. The predicted molar refractivity (Wildman–Crippen MR) is 50.9 cm³/mol. The molecule has 0 bridgehead atoms. The summed E-state index contributed by atoms with van der Waals surface area (Å²) in [5, 5.41) is 0. The molecule has 12 heavy (non-hydrogen) atoms. The van der Waals surface area contributed by atoms with E-state index in [1.165, 1.54) is 5.56 Å². The summed E-state index contributed by atoms with van der Waals surface area (Å²) in [6.07, 6.45) is 4.60. The molecule has 0 amide bonds. The zero-order valence-electron chi connectivity index (χ0n) is 7.36. The van der Waals surface area contributed by atoms with Gasteiger partial charge in [0.1, 0.15) is 0 Å². The van der Waals surface area contributed by atoms with Gasteiger partial charge in [-0.05, 0) is 12.5 Å². The Kier molecular flexibility index (Phi) is 4.00. The summed E-state index contributed by atoms with van der Waals surface area (Å²) in [5.41, 5.74) is 1.32. The Balaban J connectivity index is 2.24. The quantitative estimate of drug-likeness (QED) is 0.488. The third kappa shape index (κ3) is 3.24. The highest BCUT2D eigenvalue weighted by molar-refractivity contribution is 5.14. The van der Waals surface area contributed by atoms with Crippen LogP contribution in [-0.4, -0.2) is 6.61 Å². The first kappa shape index (κ1) is 8.85. The van der Waals surface area contributed by atoms with Crippen molar-refractivity contribution in [3.8, 4) is 0 Å². The minimum atomic E-state index is 0.758. The average molecular weight is 162 g/mol. The van der Waals surface area contributed by atoms with Gasteiger partial charge < -0.3 is 4.74 Å². The summed E-state index contributed by atoms with van der Waals surface area (Å²) in [5.74, 6) is 0. The van der Waals surface area contributed by atoms with E-state index in [-0.39, 0.29) is 0 Å². The van der Waals surface area contributed by atoms with Crippen LogP contribution in [0.1, 0.15) is 12.5 Å². The normalized spacial score (nSPS) is 10.4. The molecule has 1 aromatic carbocycles. The van der Waals surface area contributed by atoms with Gasteiger partial charge in [0.2, 0.25) is 0 Å². The van der Waals surface area contributed by atoms with Crippen molar-refractivity contribution in [2.45, 2.75) is 13.3 Å². The number of hydrogen-bond donors (Lipinski definition) is 0. The molecular formula is C11H14O. The van der Waals surface area contributed by atoms with Crippen LogP contribution in [0.25, 0.3) is 0 Å². The maximum absolute atomic E-state index is 5.21. The van der Waals surface area contributed by atoms with E-state index >= 15 is 0 Å². The van der Waals surface area contributed by atoms with Crippen molar-refractivity contribution in [3.63, 3.8) is 0 Å². The zero-order chi connectivity index (χ0) is 8.65. The highest BCUT2D eigenvalue weighted by Crippen LogP contribution is 1.99. The van der Waals surface area contributed by atoms with Crippen LogP contribution in [0.2, 0.25) is 0 Å². The standard InChI is InChI=1S/C11H14O/c1-2-9-12-10-8-11-6-4-3-5-7-11/h2-7,9H,8,10H2,1H3. The molecule has 0 aromatic heterocycles. The lowest BCUT2D eigenvalue weighted by Crippen LogP contribution is -1.92. The molecule has 1 heteroatoms. The highest BCUT2D eigenvalue weighted by Gasteiger charge is 1.88. The fourth-order valence-corrected chi connectivity index (χ4v) is 0.986. The van der Waals surface area contributed by atoms with E-state index in [0.717, 1.165) is 13.0 Å². The second-order valence-corrected chi connectivity index (χ2v) is 2.58. The molecule has 64 valence electrons. The number of ether oxygens (including phenoxy) is 1. The summed E-state index contributed by atoms with van der Waals surface area (Å²) in [7, 11) is 0. The molecule has 0 radical (unpaired) electrons. The molecule has 1 aromatic rings. The van der Waals surface area contributed by atoms with Crippen molar-refractivity contribution in [2.75, 3.05) is 6.61 Å². The molecule has 0 unspecified atom stereocenters. The second-order valence-electron chi connectivity index (χ2n) is 2.58. The Morgan fingerprint density at radius 2 is 2.00 bits per heavy atom. The summed E-state index contributed by atoms with van der Waals surface area (Å²) in [6.45, 7) is 2.71. The first-order valence-corrected chi connectivity index (χ1v) is 4.20. The van der Waals surface area contributed by atoms with Crippen LogP contribution in [0, 0.1) is 0 Å². The number of benzene rings is 1. The van der Waals surface area contributed by atoms with Gasteiger partial charge in [0.15, 0.2) is 0 Å². The Labute approximate surface area is 73.7 Å². The fourth-order valence-electron chi connectivity index (χ4n) is 0.986. The van der Waals surface area contributed by atoms with Gasteiger partial charge in [0.25, 0.3) is 0 Å². The van der Waals surface area contributed by atoms with Crippen LogP contribution in [0.3, 0.4) is 0 Å². The molecule has 1 rings (SSSR count). The van der Waals surface area contributed by atoms with Gasteiger partial charge in [-0.2, -0.15) is 0 Å². The molecule has 0 fully saturated rings. The third-order valence-electron chi connectivity index (χ3n) is 1.58. The average Bonchev–Trinajstić information content (AvgIpc) is 2.14. The van der Waals surface area contributed by atoms with Crippen LogP contribution in [0.4, 0.5) is 0 Å². The minimum absolute atomic E-state index is 0.758. The van der Waals surface area contributed by atoms with Crippen LogP contribution < -0.4 is 0 Å². The number of rotatable bonds is 4. The predicted octanol–water partition coefficient (Wildman–Crippen LogP) is 2.78. The molecule has 1 nitrogen and oxygen atoms in total. The third-order valence-corrected chi connectivity index (χ3v) is 1.58. The zero-order valence-corrected chi connectivity index (χ0v) is 7.36. The van der Waals surface area contributed by atoms with Crippen LogP contribution in [0.5, 0.6) is 0 Å². The van der Waals surface area contributed by atoms with Gasteiger partial charge in [-0.3, -0.25) is 0 Å². The molecule has 0 N–H and O–H groups in total. The minimum Gasteiger partial charge on any atom is -0.501 e. The van der Waals surface area contributed by atoms with E-state index in [1.54, 1.807) is 6.26 Å². The first-order valence-electron chi connectivity index (χ1n) is 4.20. The summed E-state index contributed by atoms with van der Waals surface area (Å²) < 4.78 is 5.21. The van der Waals surface area contributed by atoms with E-state index in [4.69, 9.17) is 4.74 Å². The molecule has 0 aliphatic rings. The molecular weight excluding hydrogens is 148 g/mol. The SMILES string of the molecule is CC=COCCc1ccccc1. The lowest BCUT2D eigenvalue weighted by molar-refractivity contribution is 0.253. The molecule has 0 saturated heterocycles. The number of hydrogen-bond acceptors (Lipinski definition) is 1. The van der Waals surface area contributed by atoms with E-state index in [0.29, 0.717) is 0 Å². The largest absolute Gasteiger partial charge is 0.501 e. The van der Waals surface area contributed by atoms with Crippen molar-refractivity contribution < 1.29 is 4.74 Å². The molecule has 0 heterocycles. The molecule has 0 spiro atoms. The van der Waals surface area contributed by atoms with Gasteiger partial charge in [-0.15, -0.1) is 0 Å². The van der Waals surface area contributed by atoms with Crippen molar-refractivity contribution in [1.82, 2.24) is 0 Å². The van der Waals surface area contributed by atoms with Crippen molar-refractivity contribution in [2.24, 2.45) is 0 Å². The molecule has 0 aliphatic heterocycles. The fraction of sp³-hybridized carbons (Fsp3) is 0.273. The van der Waals surface area contributed by atoms with Crippen LogP contribution in [0.15, 0.2) is 42.7 Å². The molecule has 0 aliphatic carbocycles. The maximum Gasteiger partial charge on any atom is 0.0913 e. The van der Waals surface area contributed by atoms with Gasteiger partial charge in [0, 0.05) is 6.42 Å². The Morgan fingerprint density at radius 1 is 1.25 bits per heavy atom. The highest BCUT2D eigenvalue weighted by atomic mass is 16.5. The monoisotopic (exact) mass is 162 g/mol. The summed E-state index contributed by atoms with van der Waals surface area (Å²) in [6, 6.07) is 10.3. The van der Waals surface area contributed by atoms with E-state index < -0.39 is 0 Å². The summed E-state index contributed by atoms with van der Waals surface area (Å²) >= 11 is 0.